The molecule has 0 saturated carbocycles. The van der Waals surface area contributed by atoms with Crippen molar-refractivity contribution in [1.82, 2.24) is 14.8 Å². The number of H-pyrrole nitrogens is 1. The highest BCUT2D eigenvalue weighted by Gasteiger charge is 2.15. The average molecular weight is 514 g/mol. The monoisotopic (exact) mass is 512 g/mol. The van der Waals surface area contributed by atoms with Crippen molar-refractivity contribution in [3.63, 3.8) is 0 Å². The number of carbonyl (C=O) groups is 1. The van der Waals surface area contributed by atoms with E-state index in [0.29, 0.717) is 11.4 Å². The summed E-state index contributed by atoms with van der Waals surface area (Å²) in [7, 11) is 0. The van der Waals surface area contributed by atoms with Gasteiger partial charge in [-0.1, -0.05) is 31.9 Å². The van der Waals surface area contributed by atoms with Gasteiger partial charge in [0.05, 0.1) is 5.69 Å². The third kappa shape index (κ3) is 4.06. The van der Waals surface area contributed by atoms with Crippen LogP contribution in [0, 0.1) is 13.8 Å². The molecule has 2 N–H and O–H groups in total. The molecule has 146 valence electrons. The van der Waals surface area contributed by atoms with Gasteiger partial charge in [0.25, 0.3) is 5.91 Å². The average Bonchev–Trinajstić information content (AvgIpc) is 3.27. The largest absolute Gasteiger partial charge is 0.318 e. The minimum atomic E-state index is -0.198. The van der Waals surface area contributed by atoms with Crippen LogP contribution in [0.3, 0.4) is 0 Å². The second-order valence-corrected chi connectivity index (χ2v) is 8.56. The quantitative estimate of drug-likeness (QED) is 0.338. The summed E-state index contributed by atoms with van der Waals surface area (Å²) in [5, 5.41) is 10.1. The van der Waals surface area contributed by atoms with E-state index in [1.54, 1.807) is 12.1 Å². The number of aromatic nitrogens is 3. The van der Waals surface area contributed by atoms with E-state index in [1.807, 2.05) is 30.3 Å². The highest BCUT2D eigenvalue weighted by molar-refractivity contribution is 9.10. The van der Waals surface area contributed by atoms with Gasteiger partial charge in [0, 0.05) is 43.2 Å². The smallest absolute Gasteiger partial charge is 0.256 e. The Balaban J connectivity index is 1.60. The molecule has 0 fully saturated rings. The van der Waals surface area contributed by atoms with E-state index < -0.39 is 0 Å². The van der Waals surface area contributed by atoms with E-state index in [2.05, 4.69) is 84.0 Å². The molecule has 0 radical (unpaired) electrons. The molecule has 2 heterocycles. The summed E-state index contributed by atoms with van der Waals surface area (Å²) < 4.78 is 4.17. The Kier molecular flexibility index (Phi) is 5.43. The molecule has 5 nitrogen and oxygen atoms in total. The summed E-state index contributed by atoms with van der Waals surface area (Å²) in [4.78, 5) is 12.4. The van der Waals surface area contributed by atoms with Crippen LogP contribution in [0.1, 0.15) is 21.7 Å². The van der Waals surface area contributed by atoms with Crippen LogP contribution < -0.4 is 5.32 Å². The van der Waals surface area contributed by atoms with E-state index in [1.165, 1.54) is 0 Å². The summed E-state index contributed by atoms with van der Waals surface area (Å²) >= 11 is 6.85. The van der Waals surface area contributed by atoms with Crippen LogP contribution >= 0.6 is 31.9 Å². The summed E-state index contributed by atoms with van der Waals surface area (Å²) in [6.45, 7) is 4.15. The number of nitrogens with one attached hydrogen (secondary N) is 2. The van der Waals surface area contributed by atoms with Crippen LogP contribution in [0.5, 0.6) is 0 Å². The van der Waals surface area contributed by atoms with Crippen LogP contribution in [0.15, 0.2) is 69.6 Å². The number of carbonyl (C=O) groups excluding carboxylic acids is 1. The number of aryl methyl sites for hydroxylation is 1. The Labute approximate surface area is 185 Å². The Hall–Kier alpha value is -2.64. The highest BCUT2D eigenvalue weighted by Crippen LogP contribution is 2.30. The number of halogens is 2. The number of amides is 1. The number of hydrogen-bond donors (Lipinski definition) is 2. The molecule has 29 heavy (non-hydrogen) atoms. The molecule has 4 aromatic rings. The van der Waals surface area contributed by atoms with Crippen LogP contribution in [-0.4, -0.2) is 20.7 Å². The van der Waals surface area contributed by atoms with Crippen LogP contribution in [0.25, 0.3) is 16.9 Å². The number of rotatable bonds is 4. The van der Waals surface area contributed by atoms with E-state index in [9.17, 15) is 4.79 Å². The van der Waals surface area contributed by atoms with Crippen molar-refractivity contribution in [3.8, 4) is 16.9 Å². The van der Waals surface area contributed by atoms with Crippen molar-refractivity contribution in [2.45, 2.75) is 13.8 Å². The second kappa shape index (κ2) is 8.00. The minimum absolute atomic E-state index is 0.198. The lowest BCUT2D eigenvalue weighted by Gasteiger charge is -2.09. The summed E-state index contributed by atoms with van der Waals surface area (Å²) in [5.74, 6) is 0.289. The maximum atomic E-state index is 12.4. The molecule has 2 aromatic heterocycles. The molecule has 1 amide bonds. The van der Waals surface area contributed by atoms with E-state index in [0.717, 1.165) is 37.3 Å². The first-order chi connectivity index (χ1) is 13.9. The van der Waals surface area contributed by atoms with E-state index in [4.69, 9.17) is 0 Å². The fourth-order valence-corrected chi connectivity index (χ4v) is 3.87. The lowest BCUT2D eigenvalue weighted by molar-refractivity contribution is 0.102. The Morgan fingerprint density at radius 3 is 2.24 bits per heavy atom. The zero-order valence-electron chi connectivity index (χ0n) is 15.8. The Morgan fingerprint density at radius 2 is 1.59 bits per heavy atom. The molecule has 4 rings (SSSR count). The van der Waals surface area contributed by atoms with Crippen molar-refractivity contribution < 1.29 is 4.79 Å². The molecule has 0 aliphatic rings. The summed E-state index contributed by atoms with van der Waals surface area (Å²) in [5.41, 5.74) is 5.78. The molecular formula is C22H18Br2N4O. The van der Waals surface area contributed by atoms with Gasteiger partial charge in [-0.2, -0.15) is 5.10 Å². The first-order valence-electron chi connectivity index (χ1n) is 9.00. The lowest BCUT2D eigenvalue weighted by Crippen LogP contribution is -2.11. The lowest BCUT2D eigenvalue weighted by atomic mass is 10.2. The number of benzene rings is 2. The third-order valence-corrected chi connectivity index (χ3v) is 5.79. The van der Waals surface area contributed by atoms with Gasteiger partial charge in [0.1, 0.15) is 0 Å². The molecule has 0 bridgehead atoms. The molecular weight excluding hydrogens is 496 g/mol. The van der Waals surface area contributed by atoms with Gasteiger partial charge in [-0.3, -0.25) is 9.89 Å². The number of aromatic amines is 1. The molecule has 0 atom stereocenters. The van der Waals surface area contributed by atoms with Gasteiger partial charge >= 0.3 is 0 Å². The third-order valence-electron chi connectivity index (χ3n) is 4.73. The van der Waals surface area contributed by atoms with Gasteiger partial charge in [-0.25, -0.2) is 0 Å². The molecule has 0 saturated heterocycles. The topological polar surface area (TPSA) is 62.7 Å². The standard InChI is InChI=1S/C22H18Br2N4O/c1-13-11-19(14(2)28(13)18-9-7-17(24)8-10-18)20-12-21(27-26-20)25-22(29)15-3-5-16(23)6-4-15/h3-12H,1-2H3,(H2,25,26,27,29). The minimum Gasteiger partial charge on any atom is -0.318 e. The van der Waals surface area contributed by atoms with Crippen LogP contribution in [-0.2, 0) is 0 Å². The van der Waals surface area contributed by atoms with Crippen molar-refractivity contribution >= 4 is 43.6 Å². The maximum Gasteiger partial charge on any atom is 0.256 e. The zero-order valence-corrected chi connectivity index (χ0v) is 19.0. The van der Waals surface area contributed by atoms with Gasteiger partial charge < -0.3 is 9.88 Å². The molecule has 7 heteroatoms. The fourth-order valence-electron chi connectivity index (χ4n) is 3.34. The molecule has 0 aliphatic heterocycles. The molecule has 0 aliphatic carbocycles. The predicted octanol–water partition coefficient (Wildman–Crippen LogP) is 6.26. The van der Waals surface area contributed by atoms with E-state index >= 15 is 0 Å². The zero-order chi connectivity index (χ0) is 20.5. The number of hydrogen-bond acceptors (Lipinski definition) is 2. The normalized spacial score (nSPS) is 10.9. The molecule has 2 aromatic carbocycles. The van der Waals surface area contributed by atoms with Gasteiger partial charge in [0.2, 0.25) is 0 Å². The maximum absolute atomic E-state index is 12.4. The SMILES string of the molecule is Cc1cc(-c2cc(NC(=O)c3ccc(Br)cc3)n[nH]2)c(C)n1-c1ccc(Br)cc1. The van der Waals surface area contributed by atoms with Crippen LogP contribution in [0.2, 0.25) is 0 Å². The van der Waals surface area contributed by atoms with Gasteiger partial charge in [-0.05, 0) is 68.4 Å². The first kappa shape index (κ1) is 19.7. The molecule has 0 unspecified atom stereocenters. The van der Waals surface area contributed by atoms with E-state index in [-0.39, 0.29) is 5.91 Å². The first-order valence-corrected chi connectivity index (χ1v) is 10.6. The van der Waals surface area contributed by atoms with Crippen molar-refractivity contribution in [1.29, 1.82) is 0 Å². The highest BCUT2D eigenvalue weighted by atomic mass is 79.9. The summed E-state index contributed by atoms with van der Waals surface area (Å²) in [6.07, 6.45) is 0. The predicted molar refractivity (Wildman–Crippen MR) is 123 cm³/mol. The second-order valence-electron chi connectivity index (χ2n) is 6.72. The number of nitrogens with zero attached hydrogens (tertiary/aromatic N) is 2. The number of anilines is 1. The van der Waals surface area contributed by atoms with Crippen molar-refractivity contribution in [2.75, 3.05) is 5.32 Å². The van der Waals surface area contributed by atoms with Gasteiger partial charge in [-0.15, -0.1) is 0 Å². The van der Waals surface area contributed by atoms with Crippen LogP contribution in [0.4, 0.5) is 5.82 Å². The van der Waals surface area contributed by atoms with Crippen molar-refractivity contribution in [2.24, 2.45) is 0 Å². The Bertz CT molecular complexity index is 1170. The fraction of sp³-hybridized carbons (Fsp3) is 0.0909. The summed E-state index contributed by atoms with van der Waals surface area (Å²) in [6, 6.07) is 19.4. The van der Waals surface area contributed by atoms with Gasteiger partial charge in [0.15, 0.2) is 5.82 Å². The van der Waals surface area contributed by atoms with Crippen molar-refractivity contribution in [3.05, 3.63) is 86.6 Å². The Morgan fingerprint density at radius 1 is 0.966 bits per heavy atom. The molecule has 0 spiro atoms.